The number of rotatable bonds is 2. The summed E-state index contributed by atoms with van der Waals surface area (Å²) in [6, 6.07) is -0.661. The summed E-state index contributed by atoms with van der Waals surface area (Å²) in [5.41, 5.74) is -1.41. The lowest BCUT2D eigenvalue weighted by Gasteiger charge is -2.18. The number of nitro groups is 1. The van der Waals surface area contributed by atoms with Crippen LogP contribution in [0.3, 0.4) is 0 Å². The highest BCUT2D eigenvalue weighted by Crippen LogP contribution is 2.31. The summed E-state index contributed by atoms with van der Waals surface area (Å²) in [5.74, 6) is 0. The number of nitrogens with one attached hydrogen (secondary N) is 1. The van der Waals surface area contributed by atoms with Crippen molar-refractivity contribution in [1.29, 1.82) is 0 Å². The Morgan fingerprint density at radius 3 is 2.60 bits per heavy atom. The highest BCUT2D eigenvalue weighted by Gasteiger charge is 2.37. The third-order valence-electron chi connectivity index (χ3n) is 2.12. The summed E-state index contributed by atoms with van der Waals surface area (Å²) >= 11 is 0. The Bertz CT molecular complexity index is 333. The summed E-state index contributed by atoms with van der Waals surface area (Å²) in [6.07, 6.45) is -3.03. The fourth-order valence-corrected chi connectivity index (χ4v) is 1.33. The molecule has 0 spiro atoms. The zero-order valence-electron chi connectivity index (χ0n) is 7.84. The number of hydrogen-bond donors (Lipinski definition) is 1. The van der Waals surface area contributed by atoms with Crippen LogP contribution in [0.25, 0.3) is 0 Å². The largest absolute Gasteiger partial charge is 0.416 e. The molecule has 0 radical (unpaired) electrons. The summed E-state index contributed by atoms with van der Waals surface area (Å²) in [5, 5.41) is 13.1. The Morgan fingerprint density at radius 1 is 1.60 bits per heavy atom. The first-order valence-corrected chi connectivity index (χ1v) is 4.17. The van der Waals surface area contributed by atoms with Crippen LogP contribution in [0.2, 0.25) is 0 Å². The number of alkyl halides is 3. The van der Waals surface area contributed by atoms with Crippen LogP contribution in [0.1, 0.15) is 6.42 Å². The van der Waals surface area contributed by atoms with Crippen molar-refractivity contribution in [3.05, 3.63) is 33.5 Å². The zero-order chi connectivity index (χ0) is 11.6. The molecule has 0 aromatic heterocycles. The number of hydrogen-bond acceptors (Lipinski definition) is 3. The quantitative estimate of drug-likeness (QED) is 0.570. The predicted octanol–water partition coefficient (Wildman–Crippen LogP) is 1.63. The monoisotopic (exact) mass is 222 g/mol. The van der Waals surface area contributed by atoms with Gasteiger partial charge in [0.2, 0.25) is 0 Å². The van der Waals surface area contributed by atoms with E-state index in [-0.39, 0.29) is 6.42 Å². The van der Waals surface area contributed by atoms with E-state index in [2.05, 4.69) is 5.32 Å². The van der Waals surface area contributed by atoms with Gasteiger partial charge in [-0.15, -0.1) is 0 Å². The van der Waals surface area contributed by atoms with Crippen molar-refractivity contribution in [3.63, 3.8) is 0 Å². The standard InChI is InChI=1S/C8H9F3N2O2/c1-12-6-3-2-5(8(9,10)11)4-7(6)13(14)15/h2,4,6,12H,3H2,1H3. The minimum absolute atomic E-state index is 0.0296. The SMILES string of the molecule is CNC1CC=C(C(F)(F)F)C=C1[N+](=O)[O-]. The molecule has 1 rings (SSSR count). The molecule has 7 heteroatoms. The minimum Gasteiger partial charge on any atom is -0.308 e. The molecule has 0 saturated heterocycles. The molecule has 0 aromatic rings. The molecule has 1 aliphatic carbocycles. The summed E-state index contributed by atoms with van der Waals surface area (Å²) in [7, 11) is 1.47. The molecular formula is C8H9F3N2O2. The number of likely N-dealkylation sites (N-methyl/N-ethyl adjacent to an activating group) is 1. The van der Waals surface area contributed by atoms with Gasteiger partial charge in [0.05, 0.1) is 10.5 Å². The molecule has 1 unspecified atom stereocenters. The van der Waals surface area contributed by atoms with Crippen molar-refractivity contribution < 1.29 is 18.1 Å². The van der Waals surface area contributed by atoms with E-state index in [1.807, 2.05) is 0 Å². The second-order valence-electron chi connectivity index (χ2n) is 3.06. The van der Waals surface area contributed by atoms with Crippen LogP contribution in [0.4, 0.5) is 13.2 Å². The lowest BCUT2D eigenvalue weighted by atomic mass is 9.99. The Hall–Kier alpha value is -1.37. The molecule has 0 saturated carbocycles. The van der Waals surface area contributed by atoms with Gasteiger partial charge >= 0.3 is 6.18 Å². The van der Waals surface area contributed by atoms with E-state index in [4.69, 9.17) is 0 Å². The third-order valence-corrected chi connectivity index (χ3v) is 2.12. The number of halogens is 3. The third kappa shape index (κ3) is 2.56. The Kier molecular flexibility index (Phi) is 3.13. The van der Waals surface area contributed by atoms with Gasteiger partial charge in [-0.05, 0) is 13.5 Å². The van der Waals surface area contributed by atoms with Gasteiger partial charge in [0.1, 0.15) is 6.04 Å². The van der Waals surface area contributed by atoms with Gasteiger partial charge in [0, 0.05) is 6.08 Å². The molecule has 0 fully saturated rings. The average Bonchev–Trinajstić information content (AvgIpc) is 2.15. The molecule has 0 aromatic carbocycles. The van der Waals surface area contributed by atoms with Gasteiger partial charge in [0.25, 0.3) is 5.70 Å². The van der Waals surface area contributed by atoms with Crippen LogP contribution in [-0.2, 0) is 0 Å². The summed E-state index contributed by atoms with van der Waals surface area (Å²) in [6.45, 7) is 0. The van der Waals surface area contributed by atoms with Gasteiger partial charge in [-0.25, -0.2) is 0 Å². The highest BCUT2D eigenvalue weighted by molar-refractivity contribution is 5.31. The van der Waals surface area contributed by atoms with E-state index >= 15 is 0 Å². The van der Waals surface area contributed by atoms with E-state index in [9.17, 15) is 23.3 Å². The van der Waals surface area contributed by atoms with Crippen LogP contribution in [-0.4, -0.2) is 24.2 Å². The maximum atomic E-state index is 12.3. The smallest absolute Gasteiger partial charge is 0.308 e. The zero-order valence-corrected chi connectivity index (χ0v) is 7.84. The second-order valence-corrected chi connectivity index (χ2v) is 3.06. The van der Waals surface area contributed by atoms with Crippen molar-refractivity contribution in [1.82, 2.24) is 5.32 Å². The Morgan fingerprint density at radius 2 is 2.20 bits per heavy atom. The van der Waals surface area contributed by atoms with Crippen molar-refractivity contribution >= 4 is 0 Å². The molecular weight excluding hydrogens is 213 g/mol. The van der Waals surface area contributed by atoms with Crippen LogP contribution in [0.5, 0.6) is 0 Å². The molecule has 0 amide bonds. The van der Waals surface area contributed by atoms with Crippen molar-refractivity contribution in [3.8, 4) is 0 Å². The van der Waals surface area contributed by atoms with Crippen LogP contribution in [0.15, 0.2) is 23.4 Å². The van der Waals surface area contributed by atoms with Crippen molar-refractivity contribution in [2.24, 2.45) is 0 Å². The first-order valence-electron chi connectivity index (χ1n) is 4.17. The van der Waals surface area contributed by atoms with Gasteiger partial charge in [-0.2, -0.15) is 13.2 Å². The van der Waals surface area contributed by atoms with Gasteiger partial charge < -0.3 is 5.32 Å². The first kappa shape index (κ1) is 11.7. The molecule has 15 heavy (non-hydrogen) atoms. The lowest BCUT2D eigenvalue weighted by Crippen LogP contribution is -2.33. The first-order chi connectivity index (χ1) is 6.86. The normalized spacial score (nSPS) is 22.0. The molecule has 1 N–H and O–H groups in total. The Labute approximate surface area is 83.6 Å². The summed E-state index contributed by atoms with van der Waals surface area (Å²) in [4.78, 5) is 9.71. The molecule has 1 aliphatic rings. The minimum atomic E-state index is -4.53. The molecule has 1 atom stereocenters. The van der Waals surface area contributed by atoms with Gasteiger partial charge in [-0.1, -0.05) is 6.08 Å². The second kappa shape index (κ2) is 4.01. The fraction of sp³-hybridized carbons (Fsp3) is 0.500. The maximum absolute atomic E-state index is 12.3. The lowest BCUT2D eigenvalue weighted by molar-refractivity contribution is -0.430. The van der Waals surface area contributed by atoms with E-state index in [0.717, 1.165) is 6.08 Å². The molecule has 0 heterocycles. The van der Waals surface area contributed by atoms with E-state index in [0.29, 0.717) is 6.08 Å². The predicted molar refractivity (Wildman–Crippen MR) is 46.7 cm³/mol. The summed E-state index contributed by atoms with van der Waals surface area (Å²) < 4.78 is 36.8. The fourth-order valence-electron chi connectivity index (χ4n) is 1.33. The van der Waals surface area contributed by atoms with Crippen LogP contribution in [0, 0.1) is 10.1 Å². The molecule has 0 aliphatic heterocycles. The van der Waals surface area contributed by atoms with Gasteiger partial charge in [0.15, 0.2) is 0 Å². The molecule has 4 nitrogen and oxygen atoms in total. The topological polar surface area (TPSA) is 55.2 Å². The van der Waals surface area contributed by atoms with Crippen molar-refractivity contribution in [2.45, 2.75) is 18.6 Å². The van der Waals surface area contributed by atoms with Crippen LogP contribution < -0.4 is 5.32 Å². The van der Waals surface area contributed by atoms with E-state index in [1.54, 1.807) is 0 Å². The maximum Gasteiger partial charge on any atom is 0.416 e. The highest BCUT2D eigenvalue weighted by atomic mass is 19.4. The van der Waals surface area contributed by atoms with Gasteiger partial charge in [-0.3, -0.25) is 10.1 Å². The number of allylic oxidation sites excluding steroid dienone is 2. The molecule has 0 bridgehead atoms. The molecule has 84 valence electrons. The van der Waals surface area contributed by atoms with E-state index < -0.39 is 28.4 Å². The van der Waals surface area contributed by atoms with Crippen molar-refractivity contribution in [2.75, 3.05) is 7.05 Å². The average molecular weight is 222 g/mol. The Balaban J connectivity index is 3.01. The number of nitrogens with zero attached hydrogens (tertiary/aromatic N) is 1. The van der Waals surface area contributed by atoms with E-state index in [1.165, 1.54) is 7.05 Å². The van der Waals surface area contributed by atoms with Crippen LogP contribution >= 0.6 is 0 Å².